The molecule has 0 aromatic heterocycles. The van der Waals surface area contributed by atoms with E-state index < -0.39 is 23.3 Å². The maximum Gasteiger partial charge on any atom is 0.314 e. The summed E-state index contributed by atoms with van der Waals surface area (Å²) in [7, 11) is 0. The Morgan fingerprint density at radius 3 is 2.28 bits per heavy atom. The summed E-state index contributed by atoms with van der Waals surface area (Å²) in [6, 6.07) is -0.443. The molecule has 0 radical (unpaired) electrons. The predicted octanol–water partition coefficient (Wildman–Crippen LogP) is -0.0921. The molecule has 5 N–H and O–H groups in total. The number of primary amides is 1. The molecular formula is C11H21N3O4. The molecule has 0 aliphatic carbocycles. The Morgan fingerprint density at radius 1 is 1.28 bits per heavy atom. The summed E-state index contributed by atoms with van der Waals surface area (Å²) in [6.45, 7) is 5.36. The van der Waals surface area contributed by atoms with Crippen LogP contribution in [0.2, 0.25) is 0 Å². The molecule has 1 unspecified atom stereocenters. The van der Waals surface area contributed by atoms with Crippen LogP contribution in [0.15, 0.2) is 0 Å². The Kier molecular flexibility index (Phi) is 6.15. The smallest absolute Gasteiger partial charge is 0.314 e. The molecule has 0 aliphatic heterocycles. The average molecular weight is 259 g/mol. The van der Waals surface area contributed by atoms with Crippen LogP contribution in [-0.4, -0.2) is 36.1 Å². The van der Waals surface area contributed by atoms with Crippen LogP contribution in [0.5, 0.6) is 0 Å². The zero-order valence-electron chi connectivity index (χ0n) is 10.9. The van der Waals surface area contributed by atoms with Crippen molar-refractivity contribution in [3.8, 4) is 0 Å². The molecular weight excluding hydrogens is 238 g/mol. The molecule has 0 heterocycles. The lowest BCUT2D eigenvalue weighted by molar-refractivity contribution is -0.138. The van der Waals surface area contributed by atoms with Gasteiger partial charge in [0.1, 0.15) is 0 Å². The molecule has 0 aromatic carbocycles. The van der Waals surface area contributed by atoms with Crippen molar-refractivity contribution < 1.29 is 19.5 Å². The van der Waals surface area contributed by atoms with Gasteiger partial charge >= 0.3 is 12.0 Å². The second-order valence-corrected chi connectivity index (χ2v) is 5.01. The number of carboxylic acid groups (broad SMARTS) is 1. The van der Waals surface area contributed by atoms with E-state index in [0.717, 1.165) is 0 Å². The van der Waals surface area contributed by atoms with Crippen LogP contribution >= 0.6 is 0 Å². The van der Waals surface area contributed by atoms with E-state index in [2.05, 4.69) is 10.6 Å². The summed E-state index contributed by atoms with van der Waals surface area (Å²) < 4.78 is 0. The second kappa shape index (κ2) is 6.83. The van der Waals surface area contributed by atoms with Crippen molar-refractivity contribution in [1.82, 2.24) is 10.6 Å². The van der Waals surface area contributed by atoms with Gasteiger partial charge in [-0.2, -0.15) is 0 Å². The van der Waals surface area contributed by atoms with Crippen molar-refractivity contribution >= 4 is 17.9 Å². The maximum absolute atomic E-state index is 11.4. The molecule has 104 valence electrons. The summed E-state index contributed by atoms with van der Waals surface area (Å²) in [5, 5.41) is 13.6. The summed E-state index contributed by atoms with van der Waals surface area (Å²) in [6.07, 6.45) is -0.00689. The van der Waals surface area contributed by atoms with Crippen LogP contribution in [0.3, 0.4) is 0 Å². The minimum absolute atomic E-state index is 0.00689. The number of hydrogen-bond donors (Lipinski definition) is 4. The summed E-state index contributed by atoms with van der Waals surface area (Å²) in [5.41, 5.74) is 4.34. The maximum atomic E-state index is 11.4. The van der Waals surface area contributed by atoms with Gasteiger partial charge in [-0.25, -0.2) is 4.79 Å². The van der Waals surface area contributed by atoms with E-state index >= 15 is 0 Å². The van der Waals surface area contributed by atoms with E-state index in [9.17, 15) is 14.4 Å². The minimum atomic E-state index is -0.903. The Balaban J connectivity index is 3.92. The number of amides is 3. The molecule has 1 atom stereocenters. The van der Waals surface area contributed by atoms with Crippen LogP contribution in [0.4, 0.5) is 4.79 Å². The van der Waals surface area contributed by atoms with Crippen LogP contribution in [0.25, 0.3) is 0 Å². The van der Waals surface area contributed by atoms with Crippen molar-refractivity contribution in [1.29, 1.82) is 0 Å². The van der Waals surface area contributed by atoms with Gasteiger partial charge in [-0.15, -0.1) is 0 Å². The number of carbonyl (C=O) groups is 3. The lowest BCUT2D eigenvalue weighted by Gasteiger charge is -2.21. The number of aliphatic carboxylic acids is 1. The number of carboxylic acids is 1. The van der Waals surface area contributed by atoms with Crippen molar-refractivity contribution in [2.75, 3.05) is 13.1 Å². The Labute approximate surface area is 106 Å². The number of rotatable bonds is 7. The fraction of sp³-hybridized carbons (Fsp3) is 0.727. The van der Waals surface area contributed by atoms with Gasteiger partial charge in [0.05, 0.1) is 5.41 Å². The van der Waals surface area contributed by atoms with Crippen LogP contribution < -0.4 is 16.4 Å². The first-order valence-corrected chi connectivity index (χ1v) is 5.68. The Bertz CT molecular complexity index is 328. The van der Waals surface area contributed by atoms with E-state index in [-0.39, 0.29) is 25.4 Å². The van der Waals surface area contributed by atoms with E-state index in [0.29, 0.717) is 0 Å². The van der Waals surface area contributed by atoms with E-state index in [1.54, 1.807) is 20.8 Å². The van der Waals surface area contributed by atoms with Gasteiger partial charge in [0, 0.05) is 19.5 Å². The quantitative estimate of drug-likeness (QED) is 0.510. The molecule has 3 amide bonds. The third-order valence-electron chi connectivity index (χ3n) is 2.49. The number of urea groups is 1. The van der Waals surface area contributed by atoms with E-state index in [1.165, 1.54) is 0 Å². The third kappa shape index (κ3) is 6.72. The fourth-order valence-corrected chi connectivity index (χ4v) is 1.09. The summed E-state index contributed by atoms with van der Waals surface area (Å²) in [5.74, 6) is -1.56. The normalized spacial score (nSPS) is 12.6. The standard InChI is InChI=1S/C11H21N3O4/c1-7(4-8(15)16)5-13-10(18)14-6-11(2,3)9(12)17/h7H,4-6H2,1-3H3,(H2,12,17)(H,15,16)(H2,13,14,18). The molecule has 0 spiro atoms. The van der Waals surface area contributed by atoms with Gasteiger partial charge in [0.2, 0.25) is 5.91 Å². The highest BCUT2D eigenvalue weighted by Crippen LogP contribution is 2.11. The zero-order valence-corrected chi connectivity index (χ0v) is 10.9. The van der Waals surface area contributed by atoms with Crippen LogP contribution in [0, 0.1) is 11.3 Å². The Hall–Kier alpha value is -1.79. The molecule has 0 aromatic rings. The first kappa shape index (κ1) is 16.2. The number of hydrogen-bond acceptors (Lipinski definition) is 3. The molecule has 7 nitrogen and oxygen atoms in total. The van der Waals surface area contributed by atoms with Crippen LogP contribution in [-0.2, 0) is 9.59 Å². The van der Waals surface area contributed by atoms with Crippen molar-refractivity contribution in [3.05, 3.63) is 0 Å². The highest BCUT2D eigenvalue weighted by Gasteiger charge is 2.25. The molecule has 0 saturated carbocycles. The van der Waals surface area contributed by atoms with Crippen LogP contribution in [0.1, 0.15) is 27.2 Å². The summed E-state index contributed by atoms with van der Waals surface area (Å²) >= 11 is 0. The van der Waals surface area contributed by atoms with Crippen molar-refractivity contribution in [3.63, 3.8) is 0 Å². The molecule has 0 aliphatic rings. The average Bonchev–Trinajstić information content (AvgIpc) is 2.22. The van der Waals surface area contributed by atoms with Crippen molar-refractivity contribution in [2.24, 2.45) is 17.1 Å². The fourth-order valence-electron chi connectivity index (χ4n) is 1.09. The second-order valence-electron chi connectivity index (χ2n) is 5.01. The van der Waals surface area contributed by atoms with Gasteiger partial charge in [0.15, 0.2) is 0 Å². The molecule has 0 rings (SSSR count). The lowest BCUT2D eigenvalue weighted by Crippen LogP contribution is -2.46. The third-order valence-corrected chi connectivity index (χ3v) is 2.49. The predicted molar refractivity (Wildman–Crippen MR) is 65.8 cm³/mol. The molecule has 18 heavy (non-hydrogen) atoms. The number of nitrogens with one attached hydrogen (secondary N) is 2. The van der Waals surface area contributed by atoms with Gasteiger partial charge in [-0.1, -0.05) is 6.92 Å². The van der Waals surface area contributed by atoms with E-state index in [4.69, 9.17) is 10.8 Å². The largest absolute Gasteiger partial charge is 0.481 e. The highest BCUT2D eigenvalue weighted by atomic mass is 16.4. The highest BCUT2D eigenvalue weighted by molar-refractivity contribution is 5.81. The molecule has 7 heteroatoms. The SMILES string of the molecule is CC(CNC(=O)NCC(C)(C)C(N)=O)CC(=O)O. The van der Waals surface area contributed by atoms with Gasteiger partial charge in [0.25, 0.3) is 0 Å². The van der Waals surface area contributed by atoms with Gasteiger partial charge in [-0.3, -0.25) is 9.59 Å². The lowest BCUT2D eigenvalue weighted by atomic mass is 9.93. The molecule has 0 saturated heterocycles. The first-order valence-electron chi connectivity index (χ1n) is 5.68. The number of nitrogens with two attached hydrogens (primary N) is 1. The zero-order chi connectivity index (χ0) is 14.3. The van der Waals surface area contributed by atoms with Gasteiger partial charge in [-0.05, 0) is 19.8 Å². The van der Waals surface area contributed by atoms with Crippen molar-refractivity contribution in [2.45, 2.75) is 27.2 Å². The number of carbonyl (C=O) groups excluding carboxylic acids is 2. The topological polar surface area (TPSA) is 122 Å². The summed E-state index contributed by atoms with van der Waals surface area (Å²) in [4.78, 5) is 32.8. The minimum Gasteiger partial charge on any atom is -0.481 e. The molecule has 0 fully saturated rings. The first-order chi connectivity index (χ1) is 8.15. The Morgan fingerprint density at radius 2 is 1.83 bits per heavy atom. The van der Waals surface area contributed by atoms with E-state index in [1.807, 2.05) is 0 Å². The molecule has 0 bridgehead atoms. The monoisotopic (exact) mass is 259 g/mol. The van der Waals surface area contributed by atoms with Gasteiger partial charge < -0.3 is 21.5 Å².